The molecule has 0 heterocycles. The molecule has 0 radical (unpaired) electrons. The maximum atomic E-state index is 12.5. The van der Waals surface area contributed by atoms with Crippen molar-refractivity contribution in [3.8, 4) is 11.5 Å². The Morgan fingerprint density at radius 1 is 1.12 bits per heavy atom. The van der Waals surface area contributed by atoms with Gasteiger partial charge in [-0.1, -0.05) is 0 Å². The maximum absolute atomic E-state index is 12.5. The van der Waals surface area contributed by atoms with E-state index in [2.05, 4.69) is 10.6 Å². The molecule has 26 heavy (non-hydrogen) atoms. The van der Waals surface area contributed by atoms with Gasteiger partial charge in [-0.05, 0) is 37.1 Å². The van der Waals surface area contributed by atoms with Gasteiger partial charge < -0.3 is 20.1 Å². The third-order valence-electron chi connectivity index (χ3n) is 4.04. The predicted octanol–water partition coefficient (Wildman–Crippen LogP) is 3.44. The smallest absolute Gasteiger partial charge is 0.293 e. The fourth-order valence-corrected chi connectivity index (χ4v) is 2.51. The number of anilines is 2. The van der Waals surface area contributed by atoms with E-state index in [-0.39, 0.29) is 17.3 Å². The molecule has 0 unspecified atom stereocenters. The van der Waals surface area contributed by atoms with Gasteiger partial charge in [0.05, 0.1) is 19.1 Å². The first-order valence-electron chi connectivity index (χ1n) is 8.10. The number of carbonyl (C=O) groups excluding carboxylic acids is 1. The quantitative estimate of drug-likeness (QED) is 0.581. The Morgan fingerprint density at radius 2 is 1.85 bits per heavy atom. The molecule has 1 amide bonds. The molecular formula is C18H19N3O5. The molecule has 8 heteroatoms. The monoisotopic (exact) mass is 357 g/mol. The third kappa shape index (κ3) is 3.85. The molecule has 0 saturated heterocycles. The van der Waals surface area contributed by atoms with Crippen molar-refractivity contribution in [1.29, 1.82) is 0 Å². The average Bonchev–Trinajstić information content (AvgIpc) is 3.45. The van der Waals surface area contributed by atoms with E-state index in [1.807, 2.05) is 0 Å². The van der Waals surface area contributed by atoms with Crippen LogP contribution in [0.5, 0.6) is 11.5 Å². The van der Waals surface area contributed by atoms with E-state index in [4.69, 9.17) is 9.47 Å². The molecule has 0 spiro atoms. The SMILES string of the molecule is COc1ccc(NC(=O)c2ccc(NC3CC3)c([N+](=O)[O-])c2)cc1OC. The van der Waals surface area contributed by atoms with E-state index in [1.54, 1.807) is 30.3 Å². The van der Waals surface area contributed by atoms with Crippen molar-refractivity contribution in [3.63, 3.8) is 0 Å². The first-order valence-corrected chi connectivity index (χ1v) is 8.10. The lowest BCUT2D eigenvalue weighted by Gasteiger charge is -2.11. The summed E-state index contributed by atoms with van der Waals surface area (Å²) in [4.78, 5) is 23.3. The number of nitrogens with one attached hydrogen (secondary N) is 2. The average molecular weight is 357 g/mol. The van der Waals surface area contributed by atoms with E-state index in [0.717, 1.165) is 12.8 Å². The largest absolute Gasteiger partial charge is 0.493 e. The fraction of sp³-hybridized carbons (Fsp3) is 0.278. The molecule has 1 aliphatic rings. The van der Waals surface area contributed by atoms with Crippen molar-refractivity contribution in [3.05, 3.63) is 52.1 Å². The Bertz CT molecular complexity index is 849. The summed E-state index contributed by atoms with van der Waals surface area (Å²) in [6.07, 6.45) is 2.00. The zero-order valence-corrected chi connectivity index (χ0v) is 14.4. The Labute approximate surface area is 150 Å². The van der Waals surface area contributed by atoms with Crippen molar-refractivity contribution in [2.24, 2.45) is 0 Å². The molecular weight excluding hydrogens is 338 g/mol. The van der Waals surface area contributed by atoms with Crippen LogP contribution < -0.4 is 20.1 Å². The second-order valence-corrected chi connectivity index (χ2v) is 5.93. The standard InChI is InChI=1S/C18H19N3O5/c1-25-16-8-6-13(10-17(16)26-2)20-18(22)11-3-7-14(19-12-4-5-12)15(9-11)21(23)24/h3,6-10,12,19H,4-5H2,1-2H3,(H,20,22). The highest BCUT2D eigenvalue weighted by atomic mass is 16.6. The van der Waals surface area contributed by atoms with Gasteiger partial charge in [-0.2, -0.15) is 0 Å². The minimum Gasteiger partial charge on any atom is -0.493 e. The van der Waals surface area contributed by atoms with Gasteiger partial charge in [0.1, 0.15) is 5.69 Å². The number of nitro groups is 1. The van der Waals surface area contributed by atoms with E-state index >= 15 is 0 Å². The first kappa shape index (κ1) is 17.5. The first-order chi connectivity index (χ1) is 12.5. The summed E-state index contributed by atoms with van der Waals surface area (Å²) >= 11 is 0. The Hall–Kier alpha value is -3.29. The van der Waals surface area contributed by atoms with Crippen LogP contribution in [0.1, 0.15) is 23.2 Å². The molecule has 1 saturated carbocycles. The fourth-order valence-electron chi connectivity index (χ4n) is 2.51. The summed E-state index contributed by atoms with van der Waals surface area (Å²) in [7, 11) is 3.02. The normalized spacial score (nSPS) is 13.0. The molecule has 1 aliphatic carbocycles. The molecule has 0 atom stereocenters. The lowest BCUT2D eigenvalue weighted by Crippen LogP contribution is -2.13. The highest BCUT2D eigenvalue weighted by molar-refractivity contribution is 6.05. The zero-order valence-electron chi connectivity index (χ0n) is 14.4. The highest BCUT2D eigenvalue weighted by Crippen LogP contribution is 2.32. The molecule has 136 valence electrons. The molecule has 3 rings (SSSR count). The Kier molecular flexibility index (Phi) is 4.92. The number of rotatable bonds is 7. The minimum atomic E-state index is -0.488. The van der Waals surface area contributed by atoms with Gasteiger partial charge in [0, 0.05) is 29.4 Å². The Balaban J connectivity index is 1.81. The minimum absolute atomic E-state index is 0.114. The van der Waals surface area contributed by atoms with Gasteiger partial charge in [-0.25, -0.2) is 0 Å². The van der Waals surface area contributed by atoms with Gasteiger partial charge in [0.2, 0.25) is 0 Å². The highest BCUT2D eigenvalue weighted by Gasteiger charge is 2.25. The number of amides is 1. The molecule has 2 N–H and O–H groups in total. The van der Waals surface area contributed by atoms with Crippen LogP contribution in [0.15, 0.2) is 36.4 Å². The lowest BCUT2D eigenvalue weighted by atomic mass is 10.1. The summed E-state index contributed by atoms with van der Waals surface area (Å²) in [5.41, 5.74) is 1.01. The maximum Gasteiger partial charge on any atom is 0.293 e. The van der Waals surface area contributed by atoms with Gasteiger partial charge in [-0.15, -0.1) is 0 Å². The van der Waals surface area contributed by atoms with E-state index < -0.39 is 10.8 Å². The van der Waals surface area contributed by atoms with E-state index in [0.29, 0.717) is 22.9 Å². The van der Waals surface area contributed by atoms with Gasteiger partial charge in [0.15, 0.2) is 11.5 Å². The van der Waals surface area contributed by atoms with Gasteiger partial charge >= 0.3 is 0 Å². The number of ether oxygens (including phenoxy) is 2. The van der Waals surface area contributed by atoms with Crippen LogP contribution in [0, 0.1) is 10.1 Å². The number of hydrogen-bond donors (Lipinski definition) is 2. The molecule has 0 aromatic heterocycles. The van der Waals surface area contributed by atoms with Crippen LogP contribution in [0.3, 0.4) is 0 Å². The molecule has 2 aromatic rings. The van der Waals surface area contributed by atoms with Crippen molar-refractivity contribution < 1.29 is 19.2 Å². The summed E-state index contributed by atoms with van der Waals surface area (Å²) in [6.45, 7) is 0. The summed E-state index contributed by atoms with van der Waals surface area (Å²) < 4.78 is 10.4. The number of methoxy groups -OCH3 is 2. The topological polar surface area (TPSA) is 103 Å². The van der Waals surface area contributed by atoms with Crippen LogP contribution >= 0.6 is 0 Å². The number of benzene rings is 2. The number of nitro benzene ring substituents is 1. The van der Waals surface area contributed by atoms with E-state index in [9.17, 15) is 14.9 Å². The predicted molar refractivity (Wildman–Crippen MR) is 97.2 cm³/mol. The van der Waals surface area contributed by atoms with Gasteiger partial charge in [-0.3, -0.25) is 14.9 Å². The molecule has 1 fully saturated rings. The van der Waals surface area contributed by atoms with E-state index in [1.165, 1.54) is 20.3 Å². The lowest BCUT2D eigenvalue weighted by molar-refractivity contribution is -0.384. The van der Waals surface area contributed by atoms with Crippen LogP contribution in [0.25, 0.3) is 0 Å². The second-order valence-electron chi connectivity index (χ2n) is 5.93. The van der Waals surface area contributed by atoms with Crippen LogP contribution in [0.2, 0.25) is 0 Å². The number of nitrogens with zero attached hydrogens (tertiary/aromatic N) is 1. The molecule has 0 aliphatic heterocycles. The molecule has 8 nitrogen and oxygen atoms in total. The number of hydrogen-bond acceptors (Lipinski definition) is 6. The van der Waals surface area contributed by atoms with Crippen LogP contribution in [0.4, 0.5) is 17.1 Å². The zero-order chi connectivity index (χ0) is 18.7. The van der Waals surface area contributed by atoms with Crippen molar-refractivity contribution in [2.45, 2.75) is 18.9 Å². The van der Waals surface area contributed by atoms with Crippen LogP contribution in [-0.2, 0) is 0 Å². The molecule has 2 aromatic carbocycles. The second kappa shape index (κ2) is 7.30. The van der Waals surface area contributed by atoms with Crippen molar-refractivity contribution in [1.82, 2.24) is 0 Å². The van der Waals surface area contributed by atoms with Crippen molar-refractivity contribution in [2.75, 3.05) is 24.9 Å². The third-order valence-corrected chi connectivity index (χ3v) is 4.04. The summed E-state index contributed by atoms with van der Waals surface area (Å²) in [6, 6.07) is 9.64. The summed E-state index contributed by atoms with van der Waals surface area (Å²) in [5.74, 6) is 0.565. The number of carbonyl (C=O) groups is 1. The van der Waals surface area contributed by atoms with Gasteiger partial charge in [0.25, 0.3) is 11.6 Å². The summed E-state index contributed by atoms with van der Waals surface area (Å²) in [5, 5.41) is 17.1. The Morgan fingerprint density at radius 3 is 2.46 bits per heavy atom. The molecule has 0 bridgehead atoms. The van der Waals surface area contributed by atoms with Crippen LogP contribution in [-0.4, -0.2) is 31.1 Å². The van der Waals surface area contributed by atoms with Crippen molar-refractivity contribution >= 4 is 23.0 Å².